The van der Waals surface area contributed by atoms with Gasteiger partial charge < -0.3 is 0 Å². The summed E-state index contributed by atoms with van der Waals surface area (Å²) in [6, 6.07) is 0. The molecule has 0 aromatic rings. The normalized spacial score (nSPS) is 13.1. The highest BCUT2D eigenvalue weighted by Crippen LogP contribution is 2.21. The van der Waals surface area contributed by atoms with Crippen LogP contribution in [0.25, 0.3) is 0 Å². The van der Waals surface area contributed by atoms with Gasteiger partial charge in [0.2, 0.25) is 0 Å². The van der Waals surface area contributed by atoms with Crippen molar-refractivity contribution in [1.29, 1.82) is 0 Å². The Bertz CT molecular complexity index is 101. The average molecular weight is 289 g/mol. The zero-order valence-electron chi connectivity index (χ0n) is 8.65. The Morgan fingerprint density at radius 2 is 1.64 bits per heavy atom. The predicted octanol–water partition coefficient (Wildman–Crippen LogP) is 3.43. The quantitative estimate of drug-likeness (QED) is 0.467. The lowest BCUT2D eigenvalue weighted by atomic mass is 10.5. The van der Waals surface area contributed by atoms with Gasteiger partial charge >= 0.3 is 0 Å². The molecule has 1 unspecified atom stereocenters. The minimum Gasteiger partial charge on any atom is -0.179 e. The van der Waals surface area contributed by atoms with Gasteiger partial charge in [0.25, 0.3) is 0 Å². The summed E-state index contributed by atoms with van der Waals surface area (Å²) < 4.78 is 0. The van der Waals surface area contributed by atoms with Crippen molar-refractivity contribution in [2.75, 3.05) is 40.3 Å². The molecule has 0 radical (unpaired) electrons. The highest BCUT2D eigenvalue weighted by atomic mass is 32.2. The Kier molecular flexibility index (Phi) is 14.4. The Balaban J connectivity index is 3.49. The largest absolute Gasteiger partial charge is 0.179 e. The second-order valence-corrected chi connectivity index (χ2v) is 7.45. The number of rotatable bonds is 10. The Labute approximate surface area is 112 Å². The molecule has 0 aliphatic heterocycles. The van der Waals surface area contributed by atoms with Gasteiger partial charge in [-0.3, -0.25) is 0 Å². The standard InChI is InChI=1S/C9H20S5/c1-2-12-7-9(14-6-4-11)8-13-5-3-10/h9-11H,2-8H2,1H3. The molecular formula is C9H20S5. The second-order valence-electron chi connectivity index (χ2n) is 2.67. The van der Waals surface area contributed by atoms with Crippen LogP contribution in [-0.2, 0) is 0 Å². The Morgan fingerprint density at radius 3 is 2.21 bits per heavy atom. The maximum absolute atomic E-state index is 4.25. The molecule has 14 heavy (non-hydrogen) atoms. The molecule has 0 aromatic carbocycles. The van der Waals surface area contributed by atoms with Crippen LogP contribution >= 0.6 is 60.5 Å². The third kappa shape index (κ3) is 10.3. The molecule has 86 valence electrons. The summed E-state index contributed by atoms with van der Waals surface area (Å²) in [5, 5.41) is 0.803. The first-order valence-corrected chi connectivity index (χ1v) is 9.46. The monoisotopic (exact) mass is 288 g/mol. The molecule has 0 aromatic heterocycles. The number of thiol groups is 2. The van der Waals surface area contributed by atoms with Crippen LogP contribution in [-0.4, -0.2) is 45.5 Å². The van der Waals surface area contributed by atoms with Gasteiger partial charge in [-0.15, -0.1) is 0 Å². The van der Waals surface area contributed by atoms with Crippen molar-refractivity contribution in [1.82, 2.24) is 0 Å². The van der Waals surface area contributed by atoms with Crippen molar-refractivity contribution in [3.63, 3.8) is 0 Å². The zero-order valence-corrected chi connectivity index (χ0v) is 12.9. The maximum atomic E-state index is 4.25. The van der Waals surface area contributed by atoms with Crippen LogP contribution in [0.2, 0.25) is 0 Å². The minimum absolute atomic E-state index is 0.803. The van der Waals surface area contributed by atoms with Gasteiger partial charge in [0.1, 0.15) is 0 Å². The van der Waals surface area contributed by atoms with Gasteiger partial charge in [0.15, 0.2) is 0 Å². The summed E-state index contributed by atoms with van der Waals surface area (Å²) in [6.07, 6.45) is 0. The molecule has 0 saturated heterocycles. The summed E-state index contributed by atoms with van der Waals surface area (Å²) in [6.45, 7) is 2.23. The van der Waals surface area contributed by atoms with E-state index in [1.165, 1.54) is 28.8 Å². The fourth-order valence-corrected chi connectivity index (χ4v) is 4.82. The third-order valence-electron chi connectivity index (χ3n) is 1.49. The lowest BCUT2D eigenvalue weighted by Gasteiger charge is -2.14. The lowest BCUT2D eigenvalue weighted by Crippen LogP contribution is -2.12. The van der Waals surface area contributed by atoms with E-state index in [0.29, 0.717) is 0 Å². The summed E-state index contributed by atoms with van der Waals surface area (Å²) in [5.41, 5.74) is 0. The molecular weight excluding hydrogens is 268 g/mol. The lowest BCUT2D eigenvalue weighted by molar-refractivity contribution is 1.14. The van der Waals surface area contributed by atoms with Gasteiger partial charge in [-0.05, 0) is 17.3 Å². The number of hydrogen-bond donors (Lipinski definition) is 2. The van der Waals surface area contributed by atoms with Crippen molar-refractivity contribution in [2.24, 2.45) is 0 Å². The topological polar surface area (TPSA) is 0 Å². The summed E-state index contributed by atoms with van der Waals surface area (Å²) in [5.74, 6) is 8.14. The SMILES string of the molecule is CCSCC(CSCCS)SCCS. The van der Waals surface area contributed by atoms with Crippen LogP contribution in [0, 0.1) is 0 Å². The molecule has 0 bridgehead atoms. The highest BCUT2D eigenvalue weighted by Gasteiger charge is 2.08. The molecule has 0 saturated carbocycles. The first-order chi connectivity index (χ1) is 6.85. The molecule has 5 heteroatoms. The van der Waals surface area contributed by atoms with E-state index < -0.39 is 0 Å². The van der Waals surface area contributed by atoms with E-state index in [2.05, 4.69) is 43.9 Å². The smallest absolute Gasteiger partial charge is 0.0229 e. The summed E-state index contributed by atoms with van der Waals surface area (Å²) in [4.78, 5) is 0. The average Bonchev–Trinajstić information content (AvgIpc) is 2.21. The molecule has 0 heterocycles. The van der Waals surface area contributed by atoms with E-state index in [1.807, 2.05) is 23.5 Å². The van der Waals surface area contributed by atoms with Crippen molar-refractivity contribution in [2.45, 2.75) is 12.2 Å². The third-order valence-corrected chi connectivity index (χ3v) is 6.39. The van der Waals surface area contributed by atoms with Gasteiger partial charge in [0.05, 0.1) is 0 Å². The number of hydrogen-bond acceptors (Lipinski definition) is 5. The fourth-order valence-electron chi connectivity index (χ4n) is 0.892. The van der Waals surface area contributed by atoms with E-state index in [-0.39, 0.29) is 0 Å². The van der Waals surface area contributed by atoms with Crippen LogP contribution in [0.15, 0.2) is 0 Å². The maximum Gasteiger partial charge on any atom is 0.0229 e. The van der Waals surface area contributed by atoms with Crippen LogP contribution in [0.1, 0.15) is 6.92 Å². The highest BCUT2D eigenvalue weighted by molar-refractivity contribution is 8.05. The number of thioether (sulfide) groups is 3. The zero-order chi connectivity index (χ0) is 10.6. The van der Waals surface area contributed by atoms with E-state index in [1.54, 1.807) is 0 Å². The van der Waals surface area contributed by atoms with Crippen molar-refractivity contribution < 1.29 is 0 Å². The summed E-state index contributed by atoms with van der Waals surface area (Å²) in [7, 11) is 0. The molecule has 0 rings (SSSR count). The van der Waals surface area contributed by atoms with Gasteiger partial charge in [-0.25, -0.2) is 0 Å². The van der Waals surface area contributed by atoms with Crippen molar-refractivity contribution >= 4 is 60.5 Å². The first kappa shape index (κ1) is 15.8. The van der Waals surface area contributed by atoms with Crippen LogP contribution in [0.4, 0.5) is 0 Å². The van der Waals surface area contributed by atoms with Crippen molar-refractivity contribution in [3.05, 3.63) is 0 Å². The molecule has 0 N–H and O–H groups in total. The van der Waals surface area contributed by atoms with Gasteiger partial charge in [-0.1, -0.05) is 6.92 Å². The molecule has 0 fully saturated rings. The second kappa shape index (κ2) is 12.8. The van der Waals surface area contributed by atoms with Gasteiger partial charge in [0, 0.05) is 28.3 Å². The van der Waals surface area contributed by atoms with E-state index in [0.717, 1.165) is 16.8 Å². The van der Waals surface area contributed by atoms with E-state index in [9.17, 15) is 0 Å². The van der Waals surface area contributed by atoms with Crippen LogP contribution < -0.4 is 0 Å². The molecule has 0 nitrogen and oxygen atoms in total. The molecule has 1 atom stereocenters. The van der Waals surface area contributed by atoms with Crippen LogP contribution in [0.5, 0.6) is 0 Å². The Hall–Kier alpha value is 1.75. The van der Waals surface area contributed by atoms with E-state index in [4.69, 9.17) is 0 Å². The predicted molar refractivity (Wildman–Crippen MR) is 84.3 cm³/mol. The Morgan fingerprint density at radius 1 is 1.00 bits per heavy atom. The van der Waals surface area contributed by atoms with Crippen LogP contribution in [0.3, 0.4) is 0 Å². The van der Waals surface area contributed by atoms with Gasteiger partial charge in [-0.2, -0.15) is 60.5 Å². The van der Waals surface area contributed by atoms with Crippen molar-refractivity contribution in [3.8, 4) is 0 Å². The molecule has 0 aliphatic carbocycles. The molecule has 0 spiro atoms. The minimum atomic E-state index is 0.803. The molecule has 0 aliphatic rings. The fraction of sp³-hybridized carbons (Fsp3) is 1.00. The first-order valence-electron chi connectivity index (χ1n) is 4.84. The molecule has 0 amide bonds. The van der Waals surface area contributed by atoms with E-state index >= 15 is 0 Å². The summed E-state index contributed by atoms with van der Waals surface area (Å²) >= 11 is 14.6.